The van der Waals surface area contributed by atoms with Crippen molar-refractivity contribution in [1.29, 1.82) is 0 Å². The topological polar surface area (TPSA) is 79.2 Å². The molecule has 0 aliphatic carbocycles. The van der Waals surface area contributed by atoms with Crippen LogP contribution in [0.15, 0.2) is 0 Å². The highest BCUT2D eigenvalue weighted by Gasteiger charge is 2.40. The van der Waals surface area contributed by atoms with E-state index in [-0.39, 0.29) is 28.2 Å². The normalized spacial score (nSPS) is 17.7. The molecule has 6 nitrogen and oxygen atoms in total. The maximum atomic E-state index is 11.1. The number of rotatable bonds is 14. The number of carboxylic acids is 1. The van der Waals surface area contributed by atoms with Crippen LogP contribution in [0.3, 0.4) is 0 Å². The van der Waals surface area contributed by atoms with E-state index in [0.717, 1.165) is 26.1 Å². The van der Waals surface area contributed by atoms with Crippen LogP contribution >= 0.6 is 0 Å². The molecule has 0 rings (SSSR count). The van der Waals surface area contributed by atoms with E-state index in [1.165, 1.54) is 0 Å². The number of aliphatic hydroxyl groups is 1. The summed E-state index contributed by atoms with van der Waals surface area (Å²) >= 11 is 0. The molecule has 0 heterocycles. The van der Waals surface area contributed by atoms with Crippen molar-refractivity contribution in [2.24, 2.45) is 5.92 Å². The third-order valence-electron chi connectivity index (χ3n) is 7.56. The summed E-state index contributed by atoms with van der Waals surface area (Å²) in [6, 6.07) is 0. The van der Waals surface area contributed by atoms with Gasteiger partial charge in [0.25, 0.3) is 0 Å². The Bertz CT molecular complexity index is 563. The van der Waals surface area contributed by atoms with Crippen LogP contribution in [0.25, 0.3) is 0 Å². The largest absolute Gasteiger partial charge is 0.479 e. The molecule has 0 saturated heterocycles. The van der Waals surface area contributed by atoms with Gasteiger partial charge in [-0.15, -0.1) is 0 Å². The molecule has 0 bridgehead atoms. The van der Waals surface area contributed by atoms with E-state index >= 15 is 0 Å². The predicted octanol–water partition coefficient (Wildman–Crippen LogP) is 5.97. The molecule has 0 aliphatic heterocycles. The average Bonchev–Trinajstić information content (AvgIpc) is 2.57. The molecule has 2 N–H and O–H groups in total. The second-order valence-corrected chi connectivity index (χ2v) is 22.6. The van der Waals surface area contributed by atoms with Crippen molar-refractivity contribution in [3.8, 4) is 0 Å². The van der Waals surface area contributed by atoms with Gasteiger partial charge in [0.2, 0.25) is 0 Å². The summed E-state index contributed by atoms with van der Waals surface area (Å²) < 4.78 is 13.2. The Morgan fingerprint density at radius 1 is 0.848 bits per heavy atom. The molecule has 0 amide bonds. The molecule has 0 aromatic rings. The number of nitrogens with zero attached hydrogens (tertiary/aromatic N) is 1. The van der Waals surface area contributed by atoms with Gasteiger partial charge in [0.05, 0.1) is 12.2 Å². The van der Waals surface area contributed by atoms with Crippen molar-refractivity contribution in [1.82, 2.24) is 4.90 Å². The fraction of sp³-hybridized carbons (Fsp3) is 0.960. The zero-order valence-corrected chi connectivity index (χ0v) is 25.9. The molecule has 198 valence electrons. The number of hydrogen-bond acceptors (Lipinski definition) is 5. The lowest BCUT2D eigenvalue weighted by Gasteiger charge is -2.41. The fourth-order valence-electron chi connectivity index (χ4n) is 3.46. The minimum absolute atomic E-state index is 0.105. The summed E-state index contributed by atoms with van der Waals surface area (Å²) in [5.74, 6) is -1.42. The first kappa shape index (κ1) is 32.7. The molecule has 0 spiro atoms. The number of carboxylic acid groups (broad SMARTS) is 1. The first-order valence-electron chi connectivity index (χ1n) is 12.6. The lowest BCUT2D eigenvalue weighted by Crippen LogP contribution is -2.49. The minimum atomic E-state index is -1.86. The van der Waals surface area contributed by atoms with Crippen LogP contribution in [-0.4, -0.2) is 75.7 Å². The van der Waals surface area contributed by atoms with Crippen LogP contribution in [0.5, 0.6) is 0 Å². The van der Waals surface area contributed by atoms with E-state index in [1.807, 2.05) is 0 Å². The van der Waals surface area contributed by atoms with E-state index in [4.69, 9.17) is 14.0 Å². The van der Waals surface area contributed by atoms with Crippen molar-refractivity contribution in [3.05, 3.63) is 0 Å². The maximum Gasteiger partial charge on any atom is 0.332 e. The molecule has 0 saturated carbocycles. The summed E-state index contributed by atoms with van der Waals surface area (Å²) in [5.41, 5.74) is 0. The van der Waals surface area contributed by atoms with E-state index in [2.05, 4.69) is 86.5 Å². The fourth-order valence-corrected chi connectivity index (χ4v) is 6.32. The van der Waals surface area contributed by atoms with Crippen LogP contribution in [0, 0.1) is 5.92 Å². The SMILES string of the molecule is CC(CN(CCCC(C)C(O)C(=O)O)CC(C)O[Si](C)(C)C(C)(C)C)O[Si](C)(C)C(C)(C)C. The second kappa shape index (κ2) is 12.6. The van der Waals surface area contributed by atoms with E-state index in [1.54, 1.807) is 6.92 Å². The van der Waals surface area contributed by atoms with Gasteiger partial charge in [0.1, 0.15) is 0 Å². The van der Waals surface area contributed by atoms with Crippen LogP contribution in [0.1, 0.15) is 75.2 Å². The van der Waals surface area contributed by atoms with Crippen molar-refractivity contribution >= 4 is 22.6 Å². The first-order chi connectivity index (χ1) is 14.6. The van der Waals surface area contributed by atoms with Gasteiger partial charge in [-0.1, -0.05) is 48.5 Å². The van der Waals surface area contributed by atoms with Gasteiger partial charge in [-0.3, -0.25) is 4.90 Å². The molecule has 4 unspecified atom stereocenters. The zero-order chi connectivity index (χ0) is 26.4. The number of hydrogen-bond donors (Lipinski definition) is 2. The van der Waals surface area contributed by atoms with E-state index < -0.39 is 28.7 Å². The van der Waals surface area contributed by atoms with Gasteiger partial charge >= 0.3 is 5.97 Å². The van der Waals surface area contributed by atoms with Crippen LogP contribution < -0.4 is 0 Å². The van der Waals surface area contributed by atoms with E-state index in [0.29, 0.717) is 6.42 Å². The van der Waals surface area contributed by atoms with Crippen LogP contribution in [-0.2, 0) is 13.6 Å². The highest BCUT2D eigenvalue weighted by atomic mass is 28.4. The second-order valence-electron chi connectivity index (χ2n) is 13.0. The van der Waals surface area contributed by atoms with Crippen molar-refractivity contribution < 1.29 is 23.9 Å². The summed E-state index contributed by atoms with van der Waals surface area (Å²) in [4.78, 5) is 13.5. The summed E-state index contributed by atoms with van der Waals surface area (Å²) in [6.45, 7) is 31.2. The molecule has 0 aromatic carbocycles. The van der Waals surface area contributed by atoms with Gasteiger partial charge in [0, 0.05) is 13.1 Å². The smallest absolute Gasteiger partial charge is 0.332 e. The van der Waals surface area contributed by atoms with Gasteiger partial charge in [-0.25, -0.2) is 4.79 Å². The van der Waals surface area contributed by atoms with Crippen LogP contribution in [0.2, 0.25) is 36.3 Å². The van der Waals surface area contributed by atoms with Gasteiger partial charge in [0.15, 0.2) is 22.7 Å². The zero-order valence-electron chi connectivity index (χ0n) is 23.9. The minimum Gasteiger partial charge on any atom is -0.479 e. The molecule has 33 heavy (non-hydrogen) atoms. The van der Waals surface area contributed by atoms with Gasteiger partial charge in [-0.05, 0) is 75.4 Å². The Balaban J connectivity index is 5.24. The predicted molar refractivity (Wildman–Crippen MR) is 144 cm³/mol. The summed E-state index contributed by atoms with van der Waals surface area (Å²) in [6.07, 6.45) is 0.394. The van der Waals surface area contributed by atoms with Gasteiger partial charge in [-0.2, -0.15) is 0 Å². The molecular formula is C25H55NO5Si2. The quantitative estimate of drug-likeness (QED) is 0.283. The Labute approximate surface area is 206 Å². The Morgan fingerprint density at radius 2 is 1.21 bits per heavy atom. The molecule has 0 aromatic heterocycles. The number of carbonyl (C=O) groups is 1. The van der Waals surface area contributed by atoms with Crippen molar-refractivity contribution in [3.63, 3.8) is 0 Å². The standard InChI is InChI=1S/C25H55NO5Si2/c1-19(22(27)23(28)29)15-14-16-26(17-20(2)30-32(10,11)24(4,5)6)18-21(3)31-33(12,13)25(7,8)9/h19-22,27H,14-18H2,1-13H3,(H,28,29). The molecule has 0 aliphatic rings. The van der Waals surface area contributed by atoms with Crippen LogP contribution in [0.4, 0.5) is 0 Å². The molecule has 0 fully saturated rings. The average molecular weight is 506 g/mol. The van der Waals surface area contributed by atoms with E-state index in [9.17, 15) is 9.90 Å². The molecule has 0 radical (unpaired) electrons. The monoisotopic (exact) mass is 505 g/mol. The summed E-state index contributed by atoms with van der Waals surface area (Å²) in [7, 11) is -3.73. The third-order valence-corrected chi connectivity index (χ3v) is 16.8. The van der Waals surface area contributed by atoms with Gasteiger partial charge < -0.3 is 19.1 Å². The van der Waals surface area contributed by atoms with Crippen molar-refractivity contribution in [2.75, 3.05) is 19.6 Å². The lowest BCUT2D eigenvalue weighted by molar-refractivity contribution is -0.149. The first-order valence-corrected chi connectivity index (χ1v) is 18.4. The summed E-state index contributed by atoms with van der Waals surface area (Å²) in [5, 5.41) is 19.2. The third kappa shape index (κ3) is 11.3. The molecule has 4 atom stereocenters. The Hall–Kier alpha value is -0.256. The lowest BCUT2D eigenvalue weighted by atomic mass is 9.99. The maximum absolute atomic E-state index is 11.1. The highest BCUT2D eigenvalue weighted by molar-refractivity contribution is 6.74. The molecular weight excluding hydrogens is 450 g/mol. The highest BCUT2D eigenvalue weighted by Crippen LogP contribution is 2.38. The number of aliphatic carboxylic acids is 1. The van der Waals surface area contributed by atoms with Crippen molar-refractivity contribution in [2.45, 2.75) is 130 Å². The molecule has 8 heteroatoms. The Morgan fingerprint density at radius 3 is 1.52 bits per heavy atom. The number of aliphatic hydroxyl groups excluding tert-OH is 1. The Kier molecular flexibility index (Phi) is 12.5.